The number of aromatic nitrogens is 4. The van der Waals surface area contributed by atoms with Crippen molar-refractivity contribution in [3.63, 3.8) is 0 Å². The summed E-state index contributed by atoms with van der Waals surface area (Å²) in [5.74, 6) is 0.621. The van der Waals surface area contributed by atoms with E-state index in [-0.39, 0.29) is 12.2 Å². The van der Waals surface area contributed by atoms with Gasteiger partial charge in [-0.15, -0.1) is 9.73 Å². The SMILES string of the molecule is c1ccc(C(OC2CCN(CCNc3nc4cccnn4n3)CC2)c2ccccc2)cc1. The smallest absolute Gasteiger partial charge is 0.244 e. The van der Waals surface area contributed by atoms with E-state index < -0.39 is 0 Å². The highest BCUT2D eigenvalue weighted by molar-refractivity contribution is 5.41. The van der Waals surface area contributed by atoms with Gasteiger partial charge in [0.2, 0.25) is 5.95 Å². The first-order valence-corrected chi connectivity index (χ1v) is 11.2. The van der Waals surface area contributed by atoms with Crippen LogP contribution in [0.25, 0.3) is 5.65 Å². The summed E-state index contributed by atoms with van der Waals surface area (Å²) in [5, 5.41) is 11.8. The van der Waals surface area contributed by atoms with Crippen LogP contribution in [0.2, 0.25) is 0 Å². The highest BCUT2D eigenvalue weighted by Crippen LogP contribution is 2.29. The Hall–Kier alpha value is -3.29. The Labute approximate surface area is 188 Å². The van der Waals surface area contributed by atoms with Crippen molar-refractivity contribution in [1.29, 1.82) is 0 Å². The lowest BCUT2D eigenvalue weighted by molar-refractivity contribution is -0.0263. The number of fused-ring (bicyclic) bond motifs is 1. The highest BCUT2D eigenvalue weighted by Gasteiger charge is 2.24. The fourth-order valence-electron chi connectivity index (χ4n) is 4.20. The van der Waals surface area contributed by atoms with E-state index in [0.717, 1.165) is 44.7 Å². The summed E-state index contributed by atoms with van der Waals surface area (Å²) in [7, 11) is 0. The van der Waals surface area contributed by atoms with Gasteiger partial charge >= 0.3 is 0 Å². The molecule has 1 fully saturated rings. The maximum atomic E-state index is 6.65. The largest absolute Gasteiger partial charge is 0.365 e. The van der Waals surface area contributed by atoms with Crippen LogP contribution in [0.15, 0.2) is 79.0 Å². The standard InChI is InChI=1S/C25H28N6O/c1-3-8-20(9-4-1)24(21-10-5-2-6-11-21)32-22-13-17-30(18-14-22)19-16-26-25-28-23-12-7-15-27-31(23)29-25/h1-12,15,22,24H,13-14,16-19H2,(H,26,29). The third-order valence-corrected chi connectivity index (χ3v) is 5.90. The second kappa shape index (κ2) is 9.89. The summed E-state index contributed by atoms with van der Waals surface area (Å²) in [6, 6.07) is 24.8. The van der Waals surface area contributed by atoms with Crippen molar-refractivity contribution < 1.29 is 4.74 Å². The van der Waals surface area contributed by atoms with Crippen LogP contribution in [0.3, 0.4) is 0 Å². The maximum Gasteiger partial charge on any atom is 0.244 e. The van der Waals surface area contributed by atoms with Crippen molar-refractivity contribution in [1.82, 2.24) is 24.7 Å². The number of nitrogens with one attached hydrogen (secondary N) is 1. The molecule has 0 atom stereocenters. The normalized spacial score (nSPS) is 15.4. The number of anilines is 1. The van der Waals surface area contributed by atoms with E-state index in [0.29, 0.717) is 5.95 Å². The highest BCUT2D eigenvalue weighted by atomic mass is 16.5. The third kappa shape index (κ3) is 4.95. The van der Waals surface area contributed by atoms with Crippen molar-refractivity contribution in [2.24, 2.45) is 0 Å². The minimum Gasteiger partial charge on any atom is -0.365 e. The van der Waals surface area contributed by atoms with Crippen molar-refractivity contribution in [3.05, 3.63) is 90.1 Å². The van der Waals surface area contributed by atoms with Gasteiger partial charge in [-0.3, -0.25) is 0 Å². The van der Waals surface area contributed by atoms with E-state index in [1.165, 1.54) is 11.1 Å². The number of piperidine rings is 1. The number of benzene rings is 2. The molecule has 3 heterocycles. The summed E-state index contributed by atoms with van der Waals surface area (Å²) in [6.07, 6.45) is 4.01. The average Bonchev–Trinajstić information content (AvgIpc) is 3.27. The van der Waals surface area contributed by atoms with Crippen LogP contribution < -0.4 is 5.32 Å². The van der Waals surface area contributed by atoms with Gasteiger partial charge in [0.05, 0.1) is 6.10 Å². The zero-order chi connectivity index (χ0) is 21.6. The second-order valence-electron chi connectivity index (χ2n) is 8.11. The van der Waals surface area contributed by atoms with Crippen LogP contribution in [0, 0.1) is 0 Å². The van der Waals surface area contributed by atoms with Gasteiger partial charge in [-0.05, 0) is 36.1 Å². The van der Waals surface area contributed by atoms with Crippen LogP contribution >= 0.6 is 0 Å². The molecule has 1 aliphatic rings. The molecule has 7 heteroatoms. The summed E-state index contributed by atoms with van der Waals surface area (Å²) in [4.78, 5) is 6.91. The number of likely N-dealkylation sites (tertiary alicyclic amines) is 1. The Balaban J connectivity index is 1.13. The molecule has 4 aromatic rings. The van der Waals surface area contributed by atoms with Crippen molar-refractivity contribution in [2.45, 2.75) is 25.0 Å². The Bertz CT molecular complexity index is 1040. The predicted octanol–water partition coefficient (Wildman–Crippen LogP) is 3.81. The molecule has 0 unspecified atom stereocenters. The van der Waals surface area contributed by atoms with Crippen LogP contribution in [0.4, 0.5) is 5.95 Å². The first kappa shape index (κ1) is 20.6. The lowest BCUT2D eigenvalue weighted by Gasteiger charge is -2.34. The molecule has 1 aliphatic heterocycles. The first-order valence-electron chi connectivity index (χ1n) is 11.2. The molecule has 0 saturated carbocycles. The predicted molar refractivity (Wildman–Crippen MR) is 125 cm³/mol. The van der Waals surface area contributed by atoms with Crippen LogP contribution in [-0.4, -0.2) is 57.0 Å². The Morgan fingerprint density at radius 2 is 1.59 bits per heavy atom. The monoisotopic (exact) mass is 428 g/mol. The van der Waals surface area contributed by atoms with Gasteiger partial charge in [0.15, 0.2) is 5.65 Å². The summed E-state index contributed by atoms with van der Waals surface area (Å²) >= 11 is 0. The minimum atomic E-state index is -0.0228. The van der Waals surface area contributed by atoms with Crippen molar-refractivity contribution in [3.8, 4) is 0 Å². The zero-order valence-electron chi connectivity index (χ0n) is 18.0. The summed E-state index contributed by atoms with van der Waals surface area (Å²) < 4.78 is 8.19. The van der Waals surface area contributed by atoms with Gasteiger partial charge in [-0.1, -0.05) is 60.7 Å². The van der Waals surface area contributed by atoms with Gasteiger partial charge in [0, 0.05) is 32.4 Å². The topological polar surface area (TPSA) is 67.6 Å². The first-order chi connectivity index (χ1) is 15.8. The van der Waals surface area contributed by atoms with Gasteiger partial charge in [0.1, 0.15) is 6.10 Å². The molecule has 2 aromatic heterocycles. The Morgan fingerprint density at radius 3 is 2.25 bits per heavy atom. The van der Waals surface area contributed by atoms with Gasteiger partial charge in [-0.25, -0.2) is 0 Å². The van der Waals surface area contributed by atoms with Gasteiger partial charge < -0.3 is 15.0 Å². The number of ether oxygens (including phenoxy) is 1. The van der Waals surface area contributed by atoms with Crippen LogP contribution in [-0.2, 0) is 4.74 Å². The molecule has 0 aliphatic carbocycles. The molecule has 0 amide bonds. The third-order valence-electron chi connectivity index (χ3n) is 5.90. The Morgan fingerprint density at radius 1 is 0.906 bits per heavy atom. The van der Waals surface area contributed by atoms with E-state index in [1.807, 2.05) is 12.1 Å². The summed E-state index contributed by atoms with van der Waals surface area (Å²) in [6.45, 7) is 3.82. The van der Waals surface area contributed by atoms with Gasteiger partial charge in [0.25, 0.3) is 0 Å². The van der Waals surface area contributed by atoms with Crippen LogP contribution in [0.1, 0.15) is 30.1 Å². The van der Waals surface area contributed by atoms with E-state index in [9.17, 15) is 0 Å². The maximum absolute atomic E-state index is 6.65. The van der Waals surface area contributed by atoms with E-state index in [1.54, 1.807) is 10.8 Å². The number of nitrogens with zero attached hydrogens (tertiary/aromatic N) is 5. The number of rotatable bonds is 8. The molecule has 0 radical (unpaired) electrons. The molecule has 0 spiro atoms. The molecule has 7 nitrogen and oxygen atoms in total. The van der Waals surface area contributed by atoms with E-state index >= 15 is 0 Å². The van der Waals surface area contributed by atoms with E-state index in [4.69, 9.17) is 4.74 Å². The molecule has 164 valence electrons. The Kier molecular flexibility index (Phi) is 6.37. The zero-order valence-corrected chi connectivity index (χ0v) is 18.0. The molecule has 5 rings (SSSR count). The molecule has 1 saturated heterocycles. The molecular weight excluding hydrogens is 400 g/mol. The van der Waals surface area contributed by atoms with Crippen LogP contribution in [0.5, 0.6) is 0 Å². The van der Waals surface area contributed by atoms with Gasteiger partial charge in [-0.2, -0.15) is 10.1 Å². The van der Waals surface area contributed by atoms with Crippen molar-refractivity contribution >= 4 is 11.6 Å². The number of hydrogen-bond acceptors (Lipinski definition) is 6. The molecule has 2 aromatic carbocycles. The second-order valence-corrected chi connectivity index (χ2v) is 8.11. The lowest BCUT2D eigenvalue weighted by atomic mass is 10.00. The molecule has 32 heavy (non-hydrogen) atoms. The van der Waals surface area contributed by atoms with Crippen molar-refractivity contribution in [2.75, 3.05) is 31.5 Å². The quantitative estimate of drug-likeness (QED) is 0.460. The lowest BCUT2D eigenvalue weighted by Crippen LogP contribution is -2.39. The molecule has 0 bridgehead atoms. The molecular formula is C25H28N6O. The van der Waals surface area contributed by atoms with E-state index in [2.05, 4.69) is 86.1 Å². The fourth-order valence-corrected chi connectivity index (χ4v) is 4.20. The molecule has 1 N–H and O–H groups in total. The summed E-state index contributed by atoms with van der Waals surface area (Å²) in [5.41, 5.74) is 3.17. The fraction of sp³-hybridized carbons (Fsp3) is 0.320. The minimum absolute atomic E-state index is 0.0228. The number of hydrogen-bond donors (Lipinski definition) is 1. The average molecular weight is 429 g/mol.